The Morgan fingerprint density at radius 1 is 1.17 bits per heavy atom. The minimum Gasteiger partial charge on any atom is -0.493 e. The standard InChI is InChI=1S/C30H37IN2O8/c1-39-26-13-20(18-35)12-23(31)29(26)41-25-16-21(30(38)32-9-10-34)15-24(28(25)37)33(17-22-8-5-11-40-22)27(36)14-19-6-3-2-4-7-19/h2-4,6-7,12-13,16,22,24-25,28,34-35,37H,5,8-11,14-15,17-18H2,1H3,(H,32,38). The number of halogens is 1. The molecule has 1 fully saturated rings. The van der Waals surface area contributed by atoms with Crippen LogP contribution < -0.4 is 14.8 Å². The van der Waals surface area contributed by atoms with Crippen molar-refractivity contribution in [1.29, 1.82) is 0 Å². The molecule has 1 heterocycles. The summed E-state index contributed by atoms with van der Waals surface area (Å²) in [5, 5.41) is 33.3. The molecule has 4 atom stereocenters. The van der Waals surface area contributed by atoms with Crippen molar-refractivity contribution >= 4 is 34.4 Å². The molecule has 10 nitrogen and oxygen atoms in total. The molecule has 2 aliphatic rings. The van der Waals surface area contributed by atoms with Gasteiger partial charge in [-0.1, -0.05) is 30.3 Å². The number of amides is 2. The molecule has 2 aromatic rings. The number of nitrogens with one attached hydrogen (secondary N) is 1. The Hall–Kier alpha value is -2.71. The van der Waals surface area contributed by atoms with E-state index in [2.05, 4.69) is 27.9 Å². The Morgan fingerprint density at radius 3 is 2.61 bits per heavy atom. The lowest BCUT2D eigenvalue weighted by Gasteiger charge is -2.41. The molecule has 4 N–H and O–H groups in total. The molecular formula is C30H37IN2O8. The normalized spacial score (nSPS) is 22.1. The fraction of sp³-hybridized carbons (Fsp3) is 0.467. The number of aliphatic hydroxyl groups is 3. The van der Waals surface area contributed by atoms with Crippen LogP contribution in [0.25, 0.3) is 0 Å². The fourth-order valence-corrected chi connectivity index (χ4v) is 5.99. The van der Waals surface area contributed by atoms with Gasteiger partial charge in [-0.15, -0.1) is 0 Å². The largest absolute Gasteiger partial charge is 0.493 e. The minimum absolute atomic E-state index is 0.0653. The molecule has 0 aromatic heterocycles. The van der Waals surface area contributed by atoms with E-state index in [-0.39, 0.29) is 51.2 Å². The lowest BCUT2D eigenvalue weighted by atomic mass is 9.87. The number of ether oxygens (including phenoxy) is 3. The highest BCUT2D eigenvalue weighted by Crippen LogP contribution is 2.37. The van der Waals surface area contributed by atoms with Crippen molar-refractivity contribution in [3.63, 3.8) is 0 Å². The van der Waals surface area contributed by atoms with Crippen molar-refractivity contribution in [2.45, 2.75) is 56.6 Å². The fourth-order valence-electron chi connectivity index (χ4n) is 5.20. The second-order valence-corrected chi connectivity index (χ2v) is 11.3. The van der Waals surface area contributed by atoms with E-state index >= 15 is 0 Å². The van der Waals surface area contributed by atoms with Crippen LogP contribution in [0.1, 0.15) is 30.4 Å². The van der Waals surface area contributed by atoms with Crippen molar-refractivity contribution in [3.8, 4) is 11.5 Å². The number of carbonyl (C=O) groups excluding carboxylic acids is 2. The summed E-state index contributed by atoms with van der Waals surface area (Å²) in [5.74, 6) is 0.120. The molecule has 1 saturated heterocycles. The number of nitrogens with zero attached hydrogens (tertiary/aromatic N) is 1. The lowest BCUT2D eigenvalue weighted by Crippen LogP contribution is -2.57. The first-order valence-corrected chi connectivity index (χ1v) is 14.8. The van der Waals surface area contributed by atoms with Gasteiger partial charge in [-0.25, -0.2) is 0 Å². The second kappa shape index (κ2) is 15.0. The third kappa shape index (κ3) is 7.98. The van der Waals surface area contributed by atoms with Crippen LogP contribution in [0.3, 0.4) is 0 Å². The van der Waals surface area contributed by atoms with Gasteiger partial charge in [0.15, 0.2) is 11.5 Å². The van der Waals surface area contributed by atoms with Gasteiger partial charge in [0.25, 0.3) is 0 Å². The Balaban J connectivity index is 1.69. The number of rotatable bonds is 12. The maximum Gasteiger partial charge on any atom is 0.247 e. The van der Waals surface area contributed by atoms with E-state index in [1.807, 2.05) is 30.3 Å². The molecule has 1 aliphatic carbocycles. The Morgan fingerprint density at radius 2 is 1.95 bits per heavy atom. The molecule has 0 spiro atoms. The lowest BCUT2D eigenvalue weighted by molar-refractivity contribution is -0.140. The van der Waals surface area contributed by atoms with Gasteiger partial charge in [-0.3, -0.25) is 9.59 Å². The summed E-state index contributed by atoms with van der Waals surface area (Å²) in [5.41, 5.74) is 1.81. The third-order valence-electron chi connectivity index (χ3n) is 7.28. The summed E-state index contributed by atoms with van der Waals surface area (Å²) in [6.45, 7) is 0.546. The van der Waals surface area contributed by atoms with E-state index in [4.69, 9.17) is 14.2 Å². The quantitative estimate of drug-likeness (QED) is 0.250. The minimum atomic E-state index is -1.18. The Labute approximate surface area is 253 Å². The van der Waals surface area contributed by atoms with Gasteiger partial charge >= 0.3 is 0 Å². The molecule has 1 aliphatic heterocycles. The summed E-state index contributed by atoms with van der Waals surface area (Å²) in [6, 6.07) is 12.0. The number of benzene rings is 2. The van der Waals surface area contributed by atoms with E-state index in [9.17, 15) is 24.9 Å². The first-order valence-electron chi connectivity index (χ1n) is 13.7. The van der Waals surface area contributed by atoms with Gasteiger partial charge < -0.3 is 39.7 Å². The second-order valence-electron chi connectivity index (χ2n) is 10.1. The van der Waals surface area contributed by atoms with Gasteiger partial charge in [0.2, 0.25) is 11.8 Å². The van der Waals surface area contributed by atoms with Crippen molar-refractivity contribution in [1.82, 2.24) is 10.2 Å². The third-order valence-corrected chi connectivity index (χ3v) is 8.08. The molecule has 4 unspecified atom stereocenters. The molecule has 0 saturated carbocycles. The van der Waals surface area contributed by atoms with Crippen molar-refractivity contribution in [2.75, 3.05) is 33.4 Å². The molecule has 41 heavy (non-hydrogen) atoms. The van der Waals surface area contributed by atoms with Crippen molar-refractivity contribution in [2.24, 2.45) is 0 Å². The zero-order valence-corrected chi connectivity index (χ0v) is 25.2. The number of hydrogen-bond donors (Lipinski definition) is 4. The highest BCUT2D eigenvalue weighted by molar-refractivity contribution is 14.1. The number of carbonyl (C=O) groups is 2. The van der Waals surface area contributed by atoms with E-state index in [1.54, 1.807) is 23.1 Å². The average Bonchev–Trinajstić information content (AvgIpc) is 3.50. The van der Waals surface area contributed by atoms with Gasteiger partial charge in [-0.2, -0.15) is 0 Å². The number of methoxy groups -OCH3 is 1. The molecule has 0 radical (unpaired) electrons. The van der Waals surface area contributed by atoms with Crippen molar-refractivity contribution in [3.05, 3.63) is 68.8 Å². The van der Waals surface area contributed by atoms with Gasteiger partial charge in [0.05, 0.1) is 42.5 Å². The zero-order valence-electron chi connectivity index (χ0n) is 23.0. The van der Waals surface area contributed by atoms with Crippen LogP contribution in [0.2, 0.25) is 0 Å². The zero-order chi connectivity index (χ0) is 29.4. The predicted molar refractivity (Wildman–Crippen MR) is 159 cm³/mol. The van der Waals surface area contributed by atoms with Crippen LogP contribution in [-0.4, -0.2) is 89.8 Å². The van der Waals surface area contributed by atoms with Crippen LogP contribution in [0.4, 0.5) is 0 Å². The smallest absolute Gasteiger partial charge is 0.247 e. The van der Waals surface area contributed by atoms with Gasteiger partial charge in [0, 0.05) is 31.7 Å². The highest BCUT2D eigenvalue weighted by atomic mass is 127. The summed E-state index contributed by atoms with van der Waals surface area (Å²) in [7, 11) is 1.48. The van der Waals surface area contributed by atoms with Crippen LogP contribution in [0, 0.1) is 3.57 Å². The van der Waals surface area contributed by atoms with Gasteiger partial charge in [-0.05, 0) is 64.8 Å². The first kappa shape index (κ1) is 31.2. The Kier molecular flexibility index (Phi) is 11.4. The predicted octanol–water partition coefficient (Wildman–Crippen LogP) is 1.96. The van der Waals surface area contributed by atoms with Gasteiger partial charge in [0.1, 0.15) is 12.2 Å². The summed E-state index contributed by atoms with van der Waals surface area (Å²) < 4.78 is 18.3. The van der Waals surface area contributed by atoms with E-state index in [0.717, 1.165) is 18.4 Å². The average molecular weight is 681 g/mol. The topological polar surface area (TPSA) is 138 Å². The molecule has 4 rings (SSSR count). The molecule has 0 bridgehead atoms. The molecular weight excluding hydrogens is 643 g/mol. The van der Waals surface area contributed by atoms with E-state index < -0.39 is 24.2 Å². The number of aliphatic hydroxyl groups excluding tert-OH is 3. The van der Waals surface area contributed by atoms with E-state index in [0.29, 0.717) is 32.8 Å². The monoisotopic (exact) mass is 680 g/mol. The molecule has 11 heteroatoms. The van der Waals surface area contributed by atoms with Crippen LogP contribution in [0.15, 0.2) is 54.1 Å². The summed E-state index contributed by atoms with van der Waals surface area (Å²) in [6.07, 6.45) is 1.13. The highest BCUT2D eigenvalue weighted by Gasteiger charge is 2.42. The summed E-state index contributed by atoms with van der Waals surface area (Å²) in [4.78, 5) is 28.5. The van der Waals surface area contributed by atoms with E-state index in [1.165, 1.54) is 7.11 Å². The molecule has 2 amide bonds. The molecule has 222 valence electrons. The Bertz CT molecular complexity index is 1220. The summed E-state index contributed by atoms with van der Waals surface area (Å²) >= 11 is 2.07. The SMILES string of the molecule is COc1cc(CO)cc(I)c1OC1C=C(C(=O)NCCO)CC(N(CC2CCCO2)C(=O)Cc2ccccc2)C1O. The number of hydrogen-bond acceptors (Lipinski definition) is 8. The maximum atomic E-state index is 13.8. The van der Waals surface area contributed by atoms with Crippen LogP contribution in [0.5, 0.6) is 11.5 Å². The first-order chi connectivity index (χ1) is 19.8. The molecule has 2 aromatic carbocycles. The van der Waals surface area contributed by atoms with Crippen LogP contribution in [-0.2, 0) is 27.4 Å². The van der Waals surface area contributed by atoms with Crippen LogP contribution >= 0.6 is 22.6 Å². The maximum absolute atomic E-state index is 13.8. The van der Waals surface area contributed by atoms with Crippen molar-refractivity contribution < 1.29 is 39.1 Å².